The molecule has 3 rings (SSSR count). The predicted molar refractivity (Wildman–Crippen MR) is 85.9 cm³/mol. The standard InChI is InChI=1S/C17H19N3O2/c1-10-8-11(17(2,3)4)16(22)13(9-10)20-18-12-6-5-7-14(21)15(12)19-20/h5-9,18,22H,1-4H3. The van der Waals surface area contributed by atoms with Gasteiger partial charge in [0.15, 0.2) is 5.69 Å². The minimum Gasteiger partial charge on any atom is -0.505 e. The maximum absolute atomic E-state index is 11.8. The third-order valence-corrected chi connectivity index (χ3v) is 3.70. The quantitative estimate of drug-likeness (QED) is 0.725. The molecule has 1 aromatic rings. The zero-order chi connectivity index (χ0) is 16.1. The SMILES string of the molecule is Cc1cc(-n2nc3c(=O)cccc-3[nH]2)c(O)c(C(C)(C)C)c1. The summed E-state index contributed by atoms with van der Waals surface area (Å²) < 4.78 is 0. The van der Waals surface area contributed by atoms with E-state index in [2.05, 4.69) is 10.2 Å². The van der Waals surface area contributed by atoms with E-state index in [9.17, 15) is 9.90 Å². The molecule has 0 unspecified atom stereocenters. The van der Waals surface area contributed by atoms with Gasteiger partial charge in [-0.15, -0.1) is 5.10 Å². The van der Waals surface area contributed by atoms with Gasteiger partial charge in [-0.25, -0.2) is 0 Å². The molecule has 2 N–H and O–H groups in total. The zero-order valence-corrected chi connectivity index (χ0v) is 13.1. The van der Waals surface area contributed by atoms with Crippen molar-refractivity contribution in [2.75, 3.05) is 0 Å². The van der Waals surface area contributed by atoms with Crippen LogP contribution in [-0.4, -0.2) is 20.1 Å². The highest BCUT2D eigenvalue weighted by Crippen LogP contribution is 2.36. The number of benzene rings is 2. The number of phenolic OH excluding ortho intramolecular Hbond substituents is 1. The van der Waals surface area contributed by atoms with Gasteiger partial charge in [0.2, 0.25) is 5.43 Å². The first kappa shape index (κ1) is 14.4. The van der Waals surface area contributed by atoms with Gasteiger partial charge in [-0.1, -0.05) is 32.9 Å². The molecule has 0 aromatic heterocycles. The van der Waals surface area contributed by atoms with Crippen LogP contribution in [0.25, 0.3) is 17.1 Å². The van der Waals surface area contributed by atoms with Crippen molar-refractivity contribution in [3.63, 3.8) is 0 Å². The fourth-order valence-corrected chi connectivity index (χ4v) is 2.56. The second-order valence-electron chi connectivity index (χ2n) is 6.61. The molecule has 0 bridgehead atoms. The Morgan fingerprint density at radius 2 is 1.95 bits per heavy atom. The van der Waals surface area contributed by atoms with Crippen molar-refractivity contribution in [1.29, 1.82) is 0 Å². The lowest BCUT2D eigenvalue weighted by molar-refractivity contribution is 0.440. The molecule has 5 nitrogen and oxygen atoms in total. The number of rotatable bonds is 1. The van der Waals surface area contributed by atoms with Crippen molar-refractivity contribution < 1.29 is 5.11 Å². The van der Waals surface area contributed by atoms with E-state index in [0.717, 1.165) is 11.1 Å². The van der Waals surface area contributed by atoms with Crippen LogP contribution in [0.1, 0.15) is 31.9 Å². The lowest BCUT2D eigenvalue weighted by Gasteiger charge is -2.22. The van der Waals surface area contributed by atoms with Crippen LogP contribution in [0.5, 0.6) is 5.75 Å². The number of hydrogen-bond donors (Lipinski definition) is 2. The van der Waals surface area contributed by atoms with E-state index in [0.29, 0.717) is 17.1 Å². The van der Waals surface area contributed by atoms with Gasteiger partial charge in [0.1, 0.15) is 11.4 Å². The van der Waals surface area contributed by atoms with Crippen LogP contribution in [0, 0.1) is 6.92 Å². The Morgan fingerprint density at radius 1 is 1.23 bits per heavy atom. The van der Waals surface area contributed by atoms with Crippen LogP contribution in [-0.2, 0) is 5.41 Å². The van der Waals surface area contributed by atoms with Gasteiger partial charge in [0.05, 0.1) is 5.69 Å². The van der Waals surface area contributed by atoms with Crippen LogP contribution < -0.4 is 5.43 Å². The molecule has 114 valence electrons. The van der Waals surface area contributed by atoms with Gasteiger partial charge in [0, 0.05) is 5.56 Å². The van der Waals surface area contributed by atoms with E-state index < -0.39 is 0 Å². The normalized spacial score (nSPS) is 12.0. The number of H-pyrrole nitrogens is 1. The summed E-state index contributed by atoms with van der Waals surface area (Å²) in [6.45, 7) is 8.11. The Labute approximate surface area is 128 Å². The van der Waals surface area contributed by atoms with E-state index in [-0.39, 0.29) is 16.6 Å². The van der Waals surface area contributed by atoms with Crippen molar-refractivity contribution >= 4 is 0 Å². The maximum Gasteiger partial charge on any atom is 0.208 e. The van der Waals surface area contributed by atoms with E-state index in [1.54, 1.807) is 12.1 Å². The highest BCUT2D eigenvalue weighted by Gasteiger charge is 2.23. The largest absolute Gasteiger partial charge is 0.505 e. The van der Waals surface area contributed by atoms with Crippen molar-refractivity contribution in [3.8, 4) is 22.8 Å². The number of phenols is 1. The first-order valence-electron chi connectivity index (χ1n) is 7.20. The highest BCUT2D eigenvalue weighted by molar-refractivity contribution is 5.58. The smallest absolute Gasteiger partial charge is 0.208 e. The molecule has 0 radical (unpaired) electrons. The second kappa shape index (κ2) is 4.73. The van der Waals surface area contributed by atoms with Crippen LogP contribution in [0.15, 0.2) is 35.1 Å². The summed E-state index contributed by atoms with van der Waals surface area (Å²) in [7, 11) is 0. The van der Waals surface area contributed by atoms with E-state index in [4.69, 9.17) is 0 Å². The van der Waals surface area contributed by atoms with Gasteiger partial charge in [-0.3, -0.25) is 9.89 Å². The third-order valence-electron chi connectivity index (χ3n) is 3.70. The number of fused-ring (bicyclic) bond motifs is 1. The van der Waals surface area contributed by atoms with Gasteiger partial charge in [0.25, 0.3) is 0 Å². The third kappa shape index (κ3) is 2.28. The molecule has 2 aliphatic rings. The first-order valence-corrected chi connectivity index (χ1v) is 7.20. The molecule has 1 aliphatic heterocycles. The molecule has 1 heterocycles. The predicted octanol–water partition coefficient (Wildman–Crippen LogP) is 2.98. The number of aromatic hydroxyl groups is 1. The van der Waals surface area contributed by atoms with E-state index in [1.807, 2.05) is 39.8 Å². The van der Waals surface area contributed by atoms with Crippen molar-refractivity contribution in [2.24, 2.45) is 0 Å². The molecule has 0 fully saturated rings. The van der Waals surface area contributed by atoms with Crippen molar-refractivity contribution in [3.05, 3.63) is 51.7 Å². The number of nitrogens with one attached hydrogen (secondary N) is 1. The molecular weight excluding hydrogens is 278 g/mol. The van der Waals surface area contributed by atoms with Crippen molar-refractivity contribution in [1.82, 2.24) is 15.0 Å². The summed E-state index contributed by atoms with van der Waals surface area (Å²) in [6.07, 6.45) is 0. The molecule has 1 aliphatic carbocycles. The molecule has 0 saturated heterocycles. The lowest BCUT2D eigenvalue weighted by atomic mass is 9.85. The molecule has 0 saturated carbocycles. The van der Waals surface area contributed by atoms with Gasteiger partial charge in [-0.05, 0) is 36.1 Å². The zero-order valence-electron chi connectivity index (χ0n) is 13.1. The summed E-state index contributed by atoms with van der Waals surface area (Å²) >= 11 is 0. The van der Waals surface area contributed by atoms with Gasteiger partial charge >= 0.3 is 0 Å². The number of aromatic amines is 1. The maximum atomic E-state index is 11.8. The molecule has 1 aromatic carbocycles. The summed E-state index contributed by atoms with van der Waals surface area (Å²) in [6, 6.07) is 8.77. The first-order chi connectivity index (χ1) is 10.3. The fraction of sp³-hybridized carbons (Fsp3) is 0.294. The molecule has 0 amide bonds. The monoisotopic (exact) mass is 297 g/mol. The summed E-state index contributed by atoms with van der Waals surface area (Å²) in [5.74, 6) is 0.176. The summed E-state index contributed by atoms with van der Waals surface area (Å²) in [4.78, 5) is 13.3. The fourth-order valence-electron chi connectivity index (χ4n) is 2.56. The Morgan fingerprint density at radius 3 is 2.59 bits per heavy atom. The van der Waals surface area contributed by atoms with Crippen LogP contribution in [0.2, 0.25) is 0 Å². The lowest BCUT2D eigenvalue weighted by Crippen LogP contribution is -2.13. The molecule has 0 atom stereocenters. The van der Waals surface area contributed by atoms with E-state index in [1.165, 1.54) is 10.9 Å². The second-order valence-corrected chi connectivity index (χ2v) is 6.61. The Bertz CT molecular complexity index is 868. The van der Waals surface area contributed by atoms with E-state index >= 15 is 0 Å². The van der Waals surface area contributed by atoms with Gasteiger partial charge < -0.3 is 5.11 Å². The van der Waals surface area contributed by atoms with Crippen LogP contribution >= 0.6 is 0 Å². The minimum atomic E-state index is -0.193. The molecule has 22 heavy (non-hydrogen) atoms. The number of aryl methyl sites for hydroxylation is 1. The Kier molecular flexibility index (Phi) is 3.09. The average molecular weight is 297 g/mol. The van der Waals surface area contributed by atoms with Crippen molar-refractivity contribution in [2.45, 2.75) is 33.1 Å². The van der Waals surface area contributed by atoms with Crippen LogP contribution in [0.3, 0.4) is 0 Å². The summed E-state index contributed by atoms with van der Waals surface area (Å²) in [5, 5.41) is 18.0. The number of nitrogens with zero attached hydrogens (tertiary/aromatic N) is 2. The number of hydrogen-bond acceptors (Lipinski definition) is 3. The average Bonchev–Trinajstić information content (AvgIpc) is 2.85. The Hall–Kier alpha value is -2.56. The highest BCUT2D eigenvalue weighted by atomic mass is 16.3. The minimum absolute atomic E-state index is 0.143. The number of aromatic nitrogens is 3. The molecular formula is C17H19N3O2. The van der Waals surface area contributed by atoms with Crippen LogP contribution in [0.4, 0.5) is 0 Å². The molecule has 5 heteroatoms. The topological polar surface area (TPSA) is 70.9 Å². The van der Waals surface area contributed by atoms with Gasteiger partial charge in [-0.2, -0.15) is 4.80 Å². The summed E-state index contributed by atoms with van der Waals surface area (Å²) in [5.41, 5.74) is 3.08. The molecule has 0 spiro atoms. The Balaban J connectivity index is 2.28.